The Kier molecular flexibility index (Phi) is 3.82. The minimum absolute atomic E-state index is 0.413. The predicted octanol–water partition coefficient (Wildman–Crippen LogP) is 3.08. The van der Waals surface area contributed by atoms with E-state index in [1.54, 1.807) is 0 Å². The number of pyridine rings is 1. The van der Waals surface area contributed by atoms with Gasteiger partial charge in [0.25, 0.3) is 0 Å². The molecule has 2 rings (SSSR count). The van der Waals surface area contributed by atoms with Crippen LogP contribution >= 0.6 is 0 Å². The highest BCUT2D eigenvalue weighted by molar-refractivity contribution is 5.49. The van der Waals surface area contributed by atoms with E-state index >= 15 is 0 Å². The maximum absolute atomic E-state index is 5.63. The van der Waals surface area contributed by atoms with Crippen molar-refractivity contribution in [3.05, 3.63) is 54.2 Å². The van der Waals surface area contributed by atoms with Gasteiger partial charge in [-0.05, 0) is 31.5 Å². The zero-order chi connectivity index (χ0) is 13.0. The Bertz CT molecular complexity index is 477. The average Bonchev–Trinajstić information content (AvgIpc) is 2.38. The van der Waals surface area contributed by atoms with E-state index in [2.05, 4.69) is 48.0 Å². The van der Waals surface area contributed by atoms with Crippen molar-refractivity contribution in [3.8, 4) is 0 Å². The second-order valence-electron chi connectivity index (χ2n) is 4.65. The van der Waals surface area contributed by atoms with Gasteiger partial charge in [-0.25, -0.2) is 4.98 Å². The number of nitrogens with two attached hydrogens (primary N) is 1. The quantitative estimate of drug-likeness (QED) is 0.894. The maximum atomic E-state index is 5.63. The van der Waals surface area contributed by atoms with Crippen molar-refractivity contribution >= 4 is 11.5 Å². The molecule has 0 aliphatic heterocycles. The zero-order valence-electron chi connectivity index (χ0n) is 10.9. The summed E-state index contributed by atoms with van der Waals surface area (Å²) in [4.78, 5) is 6.47. The van der Waals surface area contributed by atoms with Crippen molar-refractivity contribution in [2.75, 3.05) is 10.6 Å². The van der Waals surface area contributed by atoms with Gasteiger partial charge in [-0.2, -0.15) is 0 Å². The van der Waals surface area contributed by atoms with E-state index in [1.807, 2.05) is 24.4 Å². The highest BCUT2D eigenvalue weighted by atomic mass is 15.2. The molecule has 0 radical (unpaired) electrons. The first-order chi connectivity index (χ1) is 8.66. The third-order valence-corrected chi connectivity index (χ3v) is 2.92. The molecule has 1 heterocycles. The molecule has 0 bridgehead atoms. The van der Waals surface area contributed by atoms with Gasteiger partial charge >= 0.3 is 0 Å². The molecule has 3 nitrogen and oxygen atoms in total. The SMILES string of the molecule is CC(C)N(Cc1ccccc1)c1ccc(N)nc1. The van der Waals surface area contributed by atoms with Crippen LogP contribution in [-0.4, -0.2) is 11.0 Å². The topological polar surface area (TPSA) is 42.1 Å². The van der Waals surface area contributed by atoms with Gasteiger partial charge in [0.15, 0.2) is 0 Å². The number of hydrogen-bond donors (Lipinski definition) is 1. The van der Waals surface area contributed by atoms with E-state index in [9.17, 15) is 0 Å². The number of anilines is 2. The monoisotopic (exact) mass is 241 g/mol. The lowest BCUT2D eigenvalue weighted by atomic mass is 10.1. The summed E-state index contributed by atoms with van der Waals surface area (Å²) in [6, 6.07) is 14.7. The van der Waals surface area contributed by atoms with Gasteiger partial charge in [-0.15, -0.1) is 0 Å². The molecule has 94 valence electrons. The summed E-state index contributed by atoms with van der Waals surface area (Å²) in [5.41, 5.74) is 8.02. The Labute approximate surface area is 108 Å². The highest BCUT2D eigenvalue weighted by Gasteiger charge is 2.11. The molecule has 1 aromatic heterocycles. The summed E-state index contributed by atoms with van der Waals surface area (Å²) < 4.78 is 0. The number of rotatable bonds is 4. The Balaban J connectivity index is 2.21. The predicted molar refractivity (Wildman–Crippen MR) is 76.4 cm³/mol. The van der Waals surface area contributed by atoms with Crippen molar-refractivity contribution in [3.63, 3.8) is 0 Å². The van der Waals surface area contributed by atoms with E-state index < -0.39 is 0 Å². The molecule has 2 N–H and O–H groups in total. The number of benzene rings is 1. The molecular formula is C15H19N3. The van der Waals surface area contributed by atoms with Crippen molar-refractivity contribution in [2.45, 2.75) is 26.4 Å². The Morgan fingerprint density at radius 1 is 1.11 bits per heavy atom. The third-order valence-electron chi connectivity index (χ3n) is 2.92. The first-order valence-electron chi connectivity index (χ1n) is 6.19. The van der Waals surface area contributed by atoms with Crippen LogP contribution in [0.2, 0.25) is 0 Å². The minimum Gasteiger partial charge on any atom is -0.384 e. The van der Waals surface area contributed by atoms with Gasteiger partial charge in [0.1, 0.15) is 5.82 Å². The molecule has 2 aromatic rings. The van der Waals surface area contributed by atoms with Crippen LogP contribution in [0.5, 0.6) is 0 Å². The number of nitrogens with zero attached hydrogens (tertiary/aromatic N) is 2. The second kappa shape index (κ2) is 5.54. The molecule has 0 aliphatic carbocycles. The number of hydrogen-bond acceptors (Lipinski definition) is 3. The van der Waals surface area contributed by atoms with Gasteiger partial charge in [0.2, 0.25) is 0 Å². The van der Waals surface area contributed by atoms with Gasteiger partial charge in [0.05, 0.1) is 11.9 Å². The van der Waals surface area contributed by atoms with Crippen molar-refractivity contribution in [1.82, 2.24) is 4.98 Å². The lowest BCUT2D eigenvalue weighted by molar-refractivity contribution is 0.681. The molecule has 0 amide bonds. The van der Waals surface area contributed by atoms with E-state index in [0.717, 1.165) is 12.2 Å². The fourth-order valence-electron chi connectivity index (χ4n) is 1.92. The van der Waals surface area contributed by atoms with Crippen molar-refractivity contribution in [2.24, 2.45) is 0 Å². The van der Waals surface area contributed by atoms with E-state index in [4.69, 9.17) is 5.73 Å². The van der Waals surface area contributed by atoms with Crippen molar-refractivity contribution in [1.29, 1.82) is 0 Å². The van der Waals surface area contributed by atoms with Gasteiger partial charge in [0, 0.05) is 12.6 Å². The van der Waals surface area contributed by atoms with Gasteiger partial charge in [-0.3, -0.25) is 0 Å². The molecule has 0 unspecified atom stereocenters. The Morgan fingerprint density at radius 3 is 2.39 bits per heavy atom. The van der Waals surface area contributed by atoms with E-state index in [1.165, 1.54) is 5.56 Å². The van der Waals surface area contributed by atoms with Crippen LogP contribution in [-0.2, 0) is 6.54 Å². The molecule has 0 saturated heterocycles. The van der Waals surface area contributed by atoms with Crippen LogP contribution in [0.1, 0.15) is 19.4 Å². The fraction of sp³-hybridized carbons (Fsp3) is 0.267. The average molecular weight is 241 g/mol. The summed E-state index contributed by atoms with van der Waals surface area (Å²) in [6.45, 7) is 5.24. The summed E-state index contributed by atoms with van der Waals surface area (Å²) >= 11 is 0. The summed E-state index contributed by atoms with van der Waals surface area (Å²) in [6.07, 6.45) is 1.83. The zero-order valence-corrected chi connectivity index (χ0v) is 10.9. The lowest BCUT2D eigenvalue weighted by Gasteiger charge is -2.28. The van der Waals surface area contributed by atoms with Crippen LogP contribution in [0.3, 0.4) is 0 Å². The number of aromatic nitrogens is 1. The maximum Gasteiger partial charge on any atom is 0.123 e. The molecule has 0 spiro atoms. The standard InChI is InChI=1S/C15H19N3/c1-12(2)18(11-13-6-4-3-5-7-13)14-8-9-15(16)17-10-14/h3-10,12H,11H2,1-2H3,(H2,16,17). The summed E-state index contributed by atoms with van der Waals surface area (Å²) in [7, 11) is 0. The van der Waals surface area contributed by atoms with E-state index in [-0.39, 0.29) is 0 Å². The Hall–Kier alpha value is -2.03. The molecule has 3 heteroatoms. The van der Waals surface area contributed by atoms with Crippen LogP contribution in [0, 0.1) is 0 Å². The van der Waals surface area contributed by atoms with E-state index in [0.29, 0.717) is 11.9 Å². The highest BCUT2D eigenvalue weighted by Crippen LogP contribution is 2.19. The number of nitrogen functional groups attached to an aromatic ring is 1. The molecule has 0 saturated carbocycles. The third kappa shape index (κ3) is 3.00. The van der Waals surface area contributed by atoms with Crippen molar-refractivity contribution < 1.29 is 0 Å². The van der Waals surface area contributed by atoms with Crippen LogP contribution in [0.25, 0.3) is 0 Å². The first-order valence-corrected chi connectivity index (χ1v) is 6.19. The molecule has 0 atom stereocenters. The van der Waals surface area contributed by atoms with Crippen LogP contribution in [0.15, 0.2) is 48.7 Å². The molecule has 0 aliphatic rings. The van der Waals surface area contributed by atoms with Crippen LogP contribution < -0.4 is 10.6 Å². The first kappa shape index (κ1) is 12.4. The minimum atomic E-state index is 0.413. The fourth-order valence-corrected chi connectivity index (χ4v) is 1.92. The molecule has 1 aromatic carbocycles. The second-order valence-corrected chi connectivity index (χ2v) is 4.65. The Morgan fingerprint density at radius 2 is 1.83 bits per heavy atom. The largest absolute Gasteiger partial charge is 0.384 e. The van der Waals surface area contributed by atoms with Crippen LogP contribution in [0.4, 0.5) is 11.5 Å². The van der Waals surface area contributed by atoms with Gasteiger partial charge < -0.3 is 10.6 Å². The van der Waals surface area contributed by atoms with Gasteiger partial charge in [-0.1, -0.05) is 30.3 Å². The smallest absolute Gasteiger partial charge is 0.123 e. The summed E-state index contributed by atoms with van der Waals surface area (Å²) in [5.74, 6) is 0.558. The molecular weight excluding hydrogens is 222 g/mol. The summed E-state index contributed by atoms with van der Waals surface area (Å²) in [5, 5.41) is 0. The molecule has 0 fully saturated rings. The molecule has 18 heavy (non-hydrogen) atoms. The normalized spacial score (nSPS) is 10.6. The lowest BCUT2D eigenvalue weighted by Crippen LogP contribution is -2.30.